The van der Waals surface area contributed by atoms with Gasteiger partial charge in [-0.25, -0.2) is 9.59 Å². The Hall–Kier alpha value is -2.43. The number of hydrogen-bond donors (Lipinski definition) is 2. The van der Waals surface area contributed by atoms with Crippen molar-refractivity contribution in [2.75, 3.05) is 13.1 Å². The van der Waals surface area contributed by atoms with E-state index in [0.717, 1.165) is 12.1 Å². The second-order valence-electron chi connectivity index (χ2n) is 6.29. The maximum atomic E-state index is 9.36. The minimum absolute atomic E-state index is 0.607. The summed E-state index contributed by atoms with van der Waals surface area (Å²) in [4.78, 5) is 20.8. The average molecular weight is 374 g/mol. The van der Waals surface area contributed by atoms with Gasteiger partial charge >= 0.3 is 11.9 Å². The molecule has 0 bridgehead atoms. The number of rotatable bonds is 2. The molecule has 0 spiro atoms. The summed E-state index contributed by atoms with van der Waals surface area (Å²) in [6, 6.07) is 9.08. The summed E-state index contributed by atoms with van der Waals surface area (Å²) in [6.45, 7) is 6.89. The molecule has 0 saturated carbocycles. The van der Waals surface area contributed by atoms with Crippen LogP contribution in [0.4, 0.5) is 0 Å². The third-order valence-electron chi connectivity index (χ3n) is 4.79. The van der Waals surface area contributed by atoms with Gasteiger partial charge in [-0.1, -0.05) is 13.0 Å². The van der Waals surface area contributed by atoms with Crippen molar-refractivity contribution >= 4 is 33.4 Å². The third-order valence-corrected chi connectivity index (χ3v) is 5.76. The number of nitrogens with zero attached hydrogens (tertiary/aromatic N) is 2. The van der Waals surface area contributed by atoms with Gasteiger partial charge in [0, 0.05) is 16.1 Å². The Labute approximate surface area is 156 Å². The van der Waals surface area contributed by atoms with Gasteiger partial charge in [0.1, 0.15) is 0 Å². The molecule has 0 aliphatic carbocycles. The molecule has 138 valence electrons. The van der Waals surface area contributed by atoms with Crippen molar-refractivity contribution in [3.8, 4) is 6.07 Å². The summed E-state index contributed by atoms with van der Waals surface area (Å²) in [7, 11) is 0. The molecule has 26 heavy (non-hydrogen) atoms. The van der Waals surface area contributed by atoms with Crippen molar-refractivity contribution in [3.63, 3.8) is 0 Å². The highest BCUT2D eigenvalue weighted by atomic mass is 32.1. The highest BCUT2D eigenvalue weighted by Gasteiger charge is 2.27. The molecule has 1 aromatic carbocycles. The van der Waals surface area contributed by atoms with E-state index in [1.54, 1.807) is 11.3 Å². The number of thiophene rings is 1. The van der Waals surface area contributed by atoms with Crippen LogP contribution in [0, 0.1) is 11.3 Å². The summed E-state index contributed by atoms with van der Waals surface area (Å²) >= 11 is 1.78. The number of piperidine rings is 1. The zero-order valence-electron chi connectivity index (χ0n) is 14.8. The molecule has 2 N–H and O–H groups in total. The molecule has 6 nitrogen and oxygen atoms in total. The number of aliphatic carboxylic acids is 2. The van der Waals surface area contributed by atoms with Crippen molar-refractivity contribution < 1.29 is 19.8 Å². The Morgan fingerprint density at radius 1 is 1.35 bits per heavy atom. The second-order valence-corrected chi connectivity index (χ2v) is 7.20. The maximum absolute atomic E-state index is 9.36. The van der Waals surface area contributed by atoms with Gasteiger partial charge < -0.3 is 15.1 Å². The lowest BCUT2D eigenvalue weighted by Crippen LogP contribution is -2.39. The van der Waals surface area contributed by atoms with Crippen LogP contribution in [0.3, 0.4) is 0 Å². The van der Waals surface area contributed by atoms with Gasteiger partial charge in [0.2, 0.25) is 0 Å². The van der Waals surface area contributed by atoms with Crippen molar-refractivity contribution in [1.29, 1.82) is 5.26 Å². The summed E-state index contributed by atoms with van der Waals surface area (Å²) in [5.41, 5.74) is 2.24. The van der Waals surface area contributed by atoms with Crippen LogP contribution in [-0.4, -0.2) is 46.2 Å². The summed E-state index contributed by atoms with van der Waals surface area (Å²) in [6.07, 6.45) is 2.42. The summed E-state index contributed by atoms with van der Waals surface area (Å²) in [5.74, 6) is -3.04. The van der Waals surface area contributed by atoms with Crippen LogP contribution in [0.2, 0.25) is 0 Å². The third kappa shape index (κ3) is 4.40. The number of carboxylic acid groups (broad SMARTS) is 2. The van der Waals surface area contributed by atoms with Crippen LogP contribution < -0.4 is 0 Å². The van der Waals surface area contributed by atoms with E-state index in [1.807, 2.05) is 12.1 Å². The number of carboxylic acids is 2. The average Bonchev–Trinajstić information content (AvgIpc) is 3.06. The summed E-state index contributed by atoms with van der Waals surface area (Å²) < 4.78 is 1.25. The zero-order valence-corrected chi connectivity index (χ0v) is 15.6. The van der Waals surface area contributed by atoms with Crippen LogP contribution in [0.5, 0.6) is 0 Å². The molecule has 1 fully saturated rings. The Bertz CT molecular complexity index is 828. The molecule has 2 heterocycles. The molecule has 1 aromatic heterocycles. The minimum atomic E-state index is -1.82. The van der Waals surface area contributed by atoms with Gasteiger partial charge in [0.15, 0.2) is 0 Å². The van der Waals surface area contributed by atoms with E-state index in [2.05, 4.69) is 36.3 Å². The predicted molar refractivity (Wildman–Crippen MR) is 100 cm³/mol. The SMILES string of the molecule is CCN1CCC(c2csc3cccc(C#N)c23)CC1C.O=C(O)C(=O)O. The first-order valence-corrected chi connectivity index (χ1v) is 9.37. The number of carbonyl (C=O) groups is 2. The molecule has 0 radical (unpaired) electrons. The number of likely N-dealkylation sites (tertiary alicyclic amines) is 1. The predicted octanol–water partition coefficient (Wildman–Crippen LogP) is 3.52. The lowest BCUT2D eigenvalue weighted by Gasteiger charge is -2.37. The molecule has 7 heteroatoms. The quantitative estimate of drug-likeness (QED) is 0.780. The highest BCUT2D eigenvalue weighted by Crippen LogP contribution is 2.39. The van der Waals surface area contributed by atoms with Gasteiger partial charge in [-0.2, -0.15) is 5.26 Å². The fraction of sp³-hybridized carbons (Fsp3) is 0.421. The van der Waals surface area contributed by atoms with Crippen molar-refractivity contribution in [2.45, 2.75) is 38.6 Å². The molecule has 2 atom stereocenters. The highest BCUT2D eigenvalue weighted by molar-refractivity contribution is 7.17. The van der Waals surface area contributed by atoms with E-state index in [0.29, 0.717) is 12.0 Å². The molecule has 2 unspecified atom stereocenters. The number of fused-ring (bicyclic) bond motifs is 1. The Balaban J connectivity index is 0.000000352. The lowest BCUT2D eigenvalue weighted by atomic mass is 9.85. The first-order chi connectivity index (χ1) is 12.4. The standard InChI is InChI=1S/C17H20N2S.C2H2O4/c1-3-19-8-7-13(9-12(19)2)15-11-20-16-6-4-5-14(10-18)17(15)16;3-1(4)2(5)6/h4-6,11-13H,3,7-9H2,1-2H3;(H,3,4)(H,5,6). The van der Waals surface area contributed by atoms with E-state index < -0.39 is 11.9 Å². The first-order valence-electron chi connectivity index (χ1n) is 8.49. The molecule has 1 aliphatic rings. The fourth-order valence-electron chi connectivity index (χ4n) is 3.48. The topological polar surface area (TPSA) is 102 Å². The van der Waals surface area contributed by atoms with Crippen LogP contribution in [0.15, 0.2) is 23.6 Å². The van der Waals surface area contributed by atoms with E-state index >= 15 is 0 Å². The van der Waals surface area contributed by atoms with Gasteiger partial charge in [-0.3, -0.25) is 0 Å². The number of nitriles is 1. The zero-order chi connectivity index (χ0) is 19.3. The Kier molecular flexibility index (Phi) is 6.72. The van der Waals surface area contributed by atoms with Crippen LogP contribution >= 0.6 is 11.3 Å². The van der Waals surface area contributed by atoms with Crippen molar-refractivity contribution in [2.24, 2.45) is 0 Å². The molecule has 0 amide bonds. The van der Waals surface area contributed by atoms with Crippen LogP contribution in [0.1, 0.15) is 43.7 Å². The van der Waals surface area contributed by atoms with E-state index in [-0.39, 0.29) is 0 Å². The molecule has 1 aliphatic heterocycles. The van der Waals surface area contributed by atoms with Crippen LogP contribution in [-0.2, 0) is 9.59 Å². The van der Waals surface area contributed by atoms with Gasteiger partial charge in [0.05, 0.1) is 11.6 Å². The van der Waals surface area contributed by atoms with E-state index in [1.165, 1.54) is 35.0 Å². The normalized spacial score (nSPS) is 20.0. The Morgan fingerprint density at radius 3 is 2.58 bits per heavy atom. The molecule has 1 saturated heterocycles. The smallest absolute Gasteiger partial charge is 0.414 e. The Morgan fingerprint density at radius 2 is 2.04 bits per heavy atom. The molecular weight excluding hydrogens is 352 g/mol. The van der Waals surface area contributed by atoms with Gasteiger partial charge in [-0.15, -0.1) is 11.3 Å². The van der Waals surface area contributed by atoms with Gasteiger partial charge in [0.25, 0.3) is 0 Å². The van der Waals surface area contributed by atoms with Crippen molar-refractivity contribution in [3.05, 3.63) is 34.7 Å². The van der Waals surface area contributed by atoms with E-state index in [4.69, 9.17) is 19.8 Å². The summed E-state index contributed by atoms with van der Waals surface area (Å²) in [5, 5.41) is 27.6. The second kappa shape index (κ2) is 8.79. The molecule has 2 aromatic rings. The van der Waals surface area contributed by atoms with Crippen LogP contribution in [0.25, 0.3) is 10.1 Å². The monoisotopic (exact) mass is 374 g/mol. The lowest BCUT2D eigenvalue weighted by molar-refractivity contribution is -0.159. The van der Waals surface area contributed by atoms with Crippen molar-refractivity contribution in [1.82, 2.24) is 4.90 Å². The maximum Gasteiger partial charge on any atom is 0.414 e. The first kappa shape index (κ1) is 19.9. The number of hydrogen-bond acceptors (Lipinski definition) is 5. The van der Waals surface area contributed by atoms with Gasteiger partial charge in [-0.05, 0) is 61.8 Å². The largest absolute Gasteiger partial charge is 0.473 e. The van der Waals surface area contributed by atoms with E-state index in [9.17, 15) is 5.26 Å². The number of benzene rings is 1. The molecule has 3 rings (SSSR count). The fourth-order valence-corrected chi connectivity index (χ4v) is 4.55. The minimum Gasteiger partial charge on any atom is -0.473 e. The molecular formula is C19H22N2O4S.